The smallest absolute Gasteiger partial charge is 0.385 e. The van der Waals surface area contributed by atoms with E-state index in [0.29, 0.717) is 23.4 Å². The van der Waals surface area contributed by atoms with E-state index in [1.165, 1.54) is 38.1 Å². The average molecular weight is 993 g/mol. The summed E-state index contributed by atoms with van der Waals surface area (Å²) in [5, 5.41) is 8.85. The number of hydrogen-bond acceptors (Lipinski definition) is 10. The zero-order valence-corrected chi connectivity index (χ0v) is 40.9. The van der Waals surface area contributed by atoms with Gasteiger partial charge in [0.2, 0.25) is 41.0 Å². The van der Waals surface area contributed by atoms with Crippen LogP contribution in [-0.4, -0.2) is 177 Å². The molecule has 22 heteroatoms. The van der Waals surface area contributed by atoms with Crippen molar-refractivity contribution in [1.82, 2.24) is 35.6 Å². The third-order valence-corrected chi connectivity index (χ3v) is 13.2. The fourth-order valence-electron chi connectivity index (χ4n) is 8.83. The highest BCUT2D eigenvalue weighted by Gasteiger charge is 2.64. The van der Waals surface area contributed by atoms with E-state index < -0.39 is 95.8 Å². The maximum absolute atomic E-state index is 14.6. The van der Waals surface area contributed by atoms with Crippen molar-refractivity contribution in [3.8, 4) is 0 Å². The van der Waals surface area contributed by atoms with Gasteiger partial charge in [0.25, 0.3) is 5.91 Å². The number of halogens is 5. The van der Waals surface area contributed by atoms with E-state index >= 15 is 0 Å². The second kappa shape index (κ2) is 24.9. The van der Waals surface area contributed by atoms with Gasteiger partial charge in [0.1, 0.15) is 36.3 Å². The van der Waals surface area contributed by atoms with Crippen molar-refractivity contribution >= 4 is 64.6 Å². The first-order valence-corrected chi connectivity index (χ1v) is 23.5. The lowest BCUT2D eigenvalue weighted by Gasteiger charge is -2.41. The van der Waals surface area contributed by atoms with Gasteiger partial charge in [-0.15, -0.1) is 0 Å². The summed E-state index contributed by atoms with van der Waals surface area (Å²) in [6, 6.07) is -2.89. The molecule has 3 aliphatic heterocycles. The molecule has 1 aromatic rings. The molecule has 3 aliphatic rings. The Morgan fingerprint density at radius 3 is 2.27 bits per heavy atom. The SMILES string of the molecule is COCC[C@H](NC(=O)[C@@H]1CCCN1C(=O)C1(C(F)(F)F)CCCCO1)C(=O)N(C)[C@H]1CCCCN(C)C(=O)[C@@H](COC)NC(=O)[C@H](Cc2cc(Cl)ccc2Cl)N(C)C(=O)[C@H](CC(C)C)NC1=O. The number of alkyl halides is 3. The first kappa shape index (κ1) is 55.4. The lowest BCUT2D eigenvalue weighted by molar-refractivity contribution is -0.281. The Bertz CT molecular complexity index is 1920. The molecule has 7 amide bonds. The summed E-state index contributed by atoms with van der Waals surface area (Å²) >= 11 is 12.8. The largest absolute Gasteiger partial charge is 0.426 e. The van der Waals surface area contributed by atoms with Gasteiger partial charge in [-0.3, -0.25) is 33.6 Å². The van der Waals surface area contributed by atoms with Crippen LogP contribution in [0.3, 0.4) is 0 Å². The van der Waals surface area contributed by atoms with Gasteiger partial charge in [-0.2, -0.15) is 13.2 Å². The van der Waals surface area contributed by atoms with Crippen LogP contribution >= 0.6 is 23.2 Å². The molecule has 3 fully saturated rings. The predicted octanol–water partition coefficient (Wildman–Crippen LogP) is 3.51. The highest BCUT2D eigenvalue weighted by Crippen LogP contribution is 2.43. The lowest BCUT2D eigenvalue weighted by Crippen LogP contribution is -2.63. The van der Waals surface area contributed by atoms with E-state index in [2.05, 4.69) is 16.0 Å². The molecule has 3 saturated heterocycles. The Morgan fingerprint density at radius 1 is 0.940 bits per heavy atom. The van der Waals surface area contributed by atoms with Crippen LogP contribution in [-0.2, 0) is 54.2 Å². The van der Waals surface area contributed by atoms with Crippen LogP contribution in [0.1, 0.15) is 83.6 Å². The number of carbonyl (C=O) groups excluding carboxylic acids is 7. The molecule has 3 heterocycles. The van der Waals surface area contributed by atoms with Crippen LogP contribution < -0.4 is 16.0 Å². The number of rotatable bonds is 14. The fraction of sp³-hybridized carbons (Fsp3) is 0.711. The Balaban J connectivity index is 1.68. The summed E-state index contributed by atoms with van der Waals surface area (Å²) in [6.45, 7) is 3.23. The van der Waals surface area contributed by atoms with Crippen LogP contribution in [0.4, 0.5) is 13.2 Å². The lowest BCUT2D eigenvalue weighted by atomic mass is 9.91. The number of nitrogens with zero attached hydrogens (tertiary/aromatic N) is 4. The minimum atomic E-state index is -5.04. The first-order chi connectivity index (χ1) is 31.6. The number of likely N-dealkylation sites (tertiary alicyclic amines) is 1. The third-order valence-electron chi connectivity index (χ3n) is 12.6. The van der Waals surface area contributed by atoms with Crippen LogP contribution in [0.25, 0.3) is 0 Å². The molecule has 0 bridgehead atoms. The van der Waals surface area contributed by atoms with Crippen molar-refractivity contribution in [3.05, 3.63) is 33.8 Å². The van der Waals surface area contributed by atoms with Crippen molar-refractivity contribution < 1.29 is 60.9 Å². The second-order valence-electron chi connectivity index (χ2n) is 18.0. The van der Waals surface area contributed by atoms with Gasteiger partial charge in [0.05, 0.1) is 6.61 Å². The van der Waals surface area contributed by atoms with Gasteiger partial charge in [0.15, 0.2) is 0 Å². The van der Waals surface area contributed by atoms with Crippen molar-refractivity contribution in [2.24, 2.45) is 5.92 Å². The Morgan fingerprint density at radius 2 is 1.64 bits per heavy atom. The van der Waals surface area contributed by atoms with Crippen LogP contribution in [0.15, 0.2) is 18.2 Å². The van der Waals surface area contributed by atoms with E-state index in [4.69, 9.17) is 37.4 Å². The van der Waals surface area contributed by atoms with Crippen LogP contribution in [0.5, 0.6) is 0 Å². The van der Waals surface area contributed by atoms with Gasteiger partial charge >= 0.3 is 6.18 Å². The maximum atomic E-state index is 14.6. The van der Waals surface area contributed by atoms with Crippen LogP contribution in [0.2, 0.25) is 10.0 Å². The Labute approximate surface area is 400 Å². The van der Waals surface area contributed by atoms with Gasteiger partial charge in [0, 0.05) is 78.1 Å². The normalized spacial score (nSPS) is 25.7. The van der Waals surface area contributed by atoms with Crippen molar-refractivity contribution in [3.63, 3.8) is 0 Å². The third kappa shape index (κ3) is 13.9. The molecule has 17 nitrogen and oxygen atoms in total. The number of hydrogen-bond donors (Lipinski definition) is 3. The standard InChI is InChI=1S/C45H66Cl2F3N7O10/c1-27(2)23-32-42(63)56(5)36(25-28-24-29(46)15-16-30(28)47)39(60)53-33(26-66-7)40(61)54(3)19-10-8-13-34(37(58)52-32)55(4)41(62)31(17-22-65-6)51-38(59)35-14-12-20-57(35)43(64)44(45(48,49)50)18-9-11-21-67-44/h15-16,24,27,31-36H,8-14,17-23,25-26H2,1-7H3,(H,51,59)(H,52,58)(H,53,60)/t31-,32-,33+,34-,35-,36-,44?/m0/s1. The summed E-state index contributed by atoms with van der Waals surface area (Å²) in [4.78, 5) is 104. The number of ether oxygens (including phenoxy) is 3. The van der Waals surface area contributed by atoms with E-state index in [0.717, 1.165) is 9.80 Å². The molecule has 376 valence electrons. The molecule has 0 aliphatic carbocycles. The molecule has 4 rings (SSSR count). The second-order valence-corrected chi connectivity index (χ2v) is 18.8. The molecule has 1 aromatic carbocycles. The first-order valence-electron chi connectivity index (χ1n) is 22.7. The van der Waals surface area contributed by atoms with Gasteiger partial charge < -0.3 is 49.8 Å². The molecular weight excluding hydrogens is 926 g/mol. The minimum Gasteiger partial charge on any atom is -0.385 e. The molecule has 0 saturated carbocycles. The zero-order valence-electron chi connectivity index (χ0n) is 39.3. The fourth-order valence-corrected chi connectivity index (χ4v) is 9.22. The quantitative estimate of drug-likeness (QED) is 0.248. The zero-order chi connectivity index (χ0) is 49.8. The minimum absolute atomic E-state index is 0.0368. The van der Waals surface area contributed by atoms with Gasteiger partial charge in [-0.05, 0) is 93.9 Å². The van der Waals surface area contributed by atoms with Crippen LogP contribution in [0, 0.1) is 5.92 Å². The van der Waals surface area contributed by atoms with Crippen molar-refractivity contribution in [1.29, 1.82) is 0 Å². The van der Waals surface area contributed by atoms with Crippen molar-refractivity contribution in [2.45, 2.75) is 133 Å². The summed E-state index contributed by atoms with van der Waals surface area (Å²) in [5.41, 5.74) is -2.66. The van der Waals surface area contributed by atoms with Gasteiger partial charge in [-0.25, -0.2) is 0 Å². The Kier molecular flexibility index (Phi) is 20.5. The predicted molar refractivity (Wildman–Crippen MR) is 242 cm³/mol. The highest BCUT2D eigenvalue weighted by molar-refractivity contribution is 6.33. The Hall–Kier alpha value is -4.24. The monoisotopic (exact) mass is 991 g/mol. The molecule has 0 aromatic heterocycles. The van der Waals surface area contributed by atoms with E-state index in [1.54, 1.807) is 25.2 Å². The number of amides is 7. The molecule has 7 atom stereocenters. The highest BCUT2D eigenvalue weighted by atomic mass is 35.5. The van der Waals surface area contributed by atoms with E-state index in [9.17, 15) is 46.7 Å². The van der Waals surface area contributed by atoms with E-state index in [1.807, 2.05) is 13.8 Å². The van der Waals surface area contributed by atoms with E-state index in [-0.39, 0.29) is 95.2 Å². The maximum Gasteiger partial charge on any atom is 0.426 e. The van der Waals surface area contributed by atoms with Gasteiger partial charge in [-0.1, -0.05) is 37.0 Å². The number of nitrogens with one attached hydrogen (secondary N) is 3. The molecular formula is C45H66Cl2F3N7O10. The number of benzene rings is 1. The molecule has 0 radical (unpaired) electrons. The molecule has 0 spiro atoms. The average Bonchev–Trinajstić information content (AvgIpc) is 3.78. The molecule has 67 heavy (non-hydrogen) atoms. The number of carbonyl (C=O) groups is 7. The van der Waals surface area contributed by atoms with Crippen molar-refractivity contribution in [2.75, 3.05) is 68.3 Å². The molecule has 3 N–H and O–H groups in total. The summed E-state index contributed by atoms with van der Waals surface area (Å²) in [7, 11) is 7.06. The summed E-state index contributed by atoms with van der Waals surface area (Å²) in [6.07, 6.45) is -4.35. The number of methoxy groups -OCH3 is 2. The molecule has 1 unspecified atom stereocenters. The topological polar surface area (TPSA) is 196 Å². The number of likely N-dealkylation sites (N-methyl/N-ethyl adjacent to an activating group) is 3. The summed E-state index contributed by atoms with van der Waals surface area (Å²) < 4.78 is 59.2. The summed E-state index contributed by atoms with van der Waals surface area (Å²) in [5.74, 6) is -5.65.